The maximum absolute atomic E-state index is 11.9. The third-order valence-corrected chi connectivity index (χ3v) is 3.02. The van der Waals surface area contributed by atoms with Crippen molar-refractivity contribution in [1.82, 2.24) is 5.32 Å². The number of hydrogen-bond donors (Lipinski definition) is 2. The molecule has 1 amide bonds. The summed E-state index contributed by atoms with van der Waals surface area (Å²) >= 11 is 0. The van der Waals surface area contributed by atoms with Gasteiger partial charge in [-0.25, -0.2) is 0 Å². The number of rotatable bonds is 6. The van der Waals surface area contributed by atoms with Crippen LogP contribution in [-0.2, 0) is 4.79 Å². The lowest BCUT2D eigenvalue weighted by Crippen LogP contribution is -2.46. The molecule has 0 aliphatic rings. The van der Waals surface area contributed by atoms with Crippen LogP contribution in [0, 0.1) is 22.7 Å². The second-order valence-electron chi connectivity index (χ2n) is 4.63. The molecule has 0 saturated carbocycles. The fraction of sp³-hybridized carbons (Fsp3) is 0.833. The molecule has 0 aromatic carbocycles. The van der Waals surface area contributed by atoms with Gasteiger partial charge in [-0.15, -0.1) is 0 Å². The van der Waals surface area contributed by atoms with Gasteiger partial charge in [0.2, 0.25) is 5.91 Å². The van der Waals surface area contributed by atoms with Crippen molar-refractivity contribution in [2.45, 2.75) is 46.6 Å². The quantitative estimate of drug-likeness (QED) is 0.720. The highest BCUT2D eigenvalue weighted by molar-refractivity contribution is 5.85. The van der Waals surface area contributed by atoms with Crippen molar-refractivity contribution in [2.75, 3.05) is 6.61 Å². The normalized spacial score (nSPS) is 16.3. The summed E-state index contributed by atoms with van der Waals surface area (Å²) in [5.74, 6) is 0.000508. The second-order valence-corrected chi connectivity index (χ2v) is 4.63. The number of carbonyl (C=O) groups is 1. The number of hydrogen-bond acceptors (Lipinski definition) is 3. The van der Waals surface area contributed by atoms with Crippen LogP contribution >= 0.6 is 0 Å². The molecule has 0 rings (SSSR count). The molecule has 16 heavy (non-hydrogen) atoms. The number of nitrogens with zero attached hydrogens (tertiary/aromatic N) is 1. The van der Waals surface area contributed by atoms with Gasteiger partial charge in [-0.1, -0.05) is 20.8 Å². The van der Waals surface area contributed by atoms with Crippen LogP contribution in [0.2, 0.25) is 0 Å². The molecule has 0 aliphatic heterocycles. The molecule has 0 spiro atoms. The van der Waals surface area contributed by atoms with Gasteiger partial charge in [-0.05, 0) is 25.7 Å². The fourth-order valence-electron chi connectivity index (χ4n) is 1.33. The van der Waals surface area contributed by atoms with E-state index in [2.05, 4.69) is 5.32 Å². The van der Waals surface area contributed by atoms with E-state index in [1.807, 2.05) is 26.8 Å². The highest BCUT2D eigenvalue weighted by atomic mass is 16.3. The van der Waals surface area contributed by atoms with Crippen molar-refractivity contribution in [3.05, 3.63) is 0 Å². The number of nitrogens with one attached hydrogen (secondary N) is 1. The largest absolute Gasteiger partial charge is 0.396 e. The maximum Gasteiger partial charge on any atom is 0.240 e. The fourth-order valence-corrected chi connectivity index (χ4v) is 1.33. The van der Waals surface area contributed by atoms with Crippen LogP contribution in [0.25, 0.3) is 0 Å². The maximum atomic E-state index is 11.9. The lowest BCUT2D eigenvalue weighted by molar-refractivity contribution is -0.128. The topological polar surface area (TPSA) is 73.1 Å². The van der Waals surface area contributed by atoms with E-state index in [1.54, 1.807) is 6.92 Å². The minimum Gasteiger partial charge on any atom is -0.396 e. The summed E-state index contributed by atoms with van der Waals surface area (Å²) < 4.78 is 0. The van der Waals surface area contributed by atoms with Gasteiger partial charge in [0, 0.05) is 12.6 Å². The molecule has 0 bridgehead atoms. The van der Waals surface area contributed by atoms with Crippen LogP contribution in [0.15, 0.2) is 0 Å². The van der Waals surface area contributed by atoms with Gasteiger partial charge in [0.1, 0.15) is 5.41 Å². The highest BCUT2D eigenvalue weighted by Gasteiger charge is 2.32. The monoisotopic (exact) mass is 226 g/mol. The van der Waals surface area contributed by atoms with Crippen molar-refractivity contribution >= 4 is 5.91 Å². The Kier molecular flexibility index (Phi) is 6.05. The standard InChI is InChI=1S/C12H22N2O2/c1-5-12(4,8-13)11(16)14-10(6-7-15)9(2)3/h9-10,15H,5-7H2,1-4H3,(H,14,16). The first kappa shape index (κ1) is 14.9. The van der Waals surface area contributed by atoms with Crippen LogP contribution in [0.5, 0.6) is 0 Å². The van der Waals surface area contributed by atoms with Gasteiger partial charge in [0.15, 0.2) is 0 Å². The van der Waals surface area contributed by atoms with Crippen molar-refractivity contribution in [1.29, 1.82) is 5.26 Å². The molecule has 4 nitrogen and oxygen atoms in total. The lowest BCUT2D eigenvalue weighted by atomic mass is 9.87. The Morgan fingerprint density at radius 3 is 2.44 bits per heavy atom. The lowest BCUT2D eigenvalue weighted by Gasteiger charge is -2.26. The van der Waals surface area contributed by atoms with Crippen LogP contribution in [0.3, 0.4) is 0 Å². The summed E-state index contributed by atoms with van der Waals surface area (Å²) in [6.45, 7) is 7.46. The Bertz CT molecular complexity index is 271. The van der Waals surface area contributed by atoms with E-state index < -0.39 is 5.41 Å². The summed E-state index contributed by atoms with van der Waals surface area (Å²) in [6.07, 6.45) is 1.01. The summed E-state index contributed by atoms with van der Waals surface area (Å²) in [4.78, 5) is 11.9. The first-order valence-corrected chi connectivity index (χ1v) is 5.74. The number of aliphatic hydroxyl groups is 1. The third-order valence-electron chi connectivity index (χ3n) is 3.02. The van der Waals surface area contributed by atoms with E-state index in [4.69, 9.17) is 10.4 Å². The number of nitriles is 1. The minimum absolute atomic E-state index is 0.0402. The van der Waals surface area contributed by atoms with Crippen molar-refractivity contribution in [2.24, 2.45) is 11.3 Å². The summed E-state index contributed by atoms with van der Waals surface area (Å²) in [5, 5.41) is 20.7. The SMILES string of the molecule is CCC(C)(C#N)C(=O)NC(CCO)C(C)C. The molecular formula is C12H22N2O2. The van der Waals surface area contributed by atoms with E-state index >= 15 is 0 Å². The Morgan fingerprint density at radius 1 is 1.56 bits per heavy atom. The Morgan fingerprint density at radius 2 is 2.12 bits per heavy atom. The number of amides is 1. The molecule has 0 aromatic rings. The van der Waals surface area contributed by atoms with Crippen molar-refractivity contribution < 1.29 is 9.90 Å². The molecule has 92 valence electrons. The second kappa shape index (κ2) is 6.49. The molecule has 2 unspecified atom stereocenters. The first-order valence-electron chi connectivity index (χ1n) is 5.74. The van der Waals surface area contributed by atoms with Crippen molar-refractivity contribution in [3.63, 3.8) is 0 Å². The van der Waals surface area contributed by atoms with Gasteiger partial charge in [-0.3, -0.25) is 4.79 Å². The summed E-state index contributed by atoms with van der Waals surface area (Å²) in [7, 11) is 0. The molecule has 0 radical (unpaired) electrons. The molecule has 4 heteroatoms. The van der Waals surface area contributed by atoms with E-state index in [9.17, 15) is 4.79 Å². The Labute approximate surface area is 97.7 Å². The molecule has 2 N–H and O–H groups in total. The van der Waals surface area contributed by atoms with E-state index in [0.717, 1.165) is 0 Å². The van der Waals surface area contributed by atoms with E-state index in [-0.39, 0.29) is 24.5 Å². The smallest absolute Gasteiger partial charge is 0.240 e. The van der Waals surface area contributed by atoms with Crippen LogP contribution < -0.4 is 5.32 Å². The third kappa shape index (κ3) is 3.82. The van der Waals surface area contributed by atoms with E-state index in [0.29, 0.717) is 12.8 Å². The van der Waals surface area contributed by atoms with Gasteiger partial charge in [0.25, 0.3) is 0 Å². The van der Waals surface area contributed by atoms with Gasteiger partial charge < -0.3 is 10.4 Å². The minimum atomic E-state index is -0.970. The average Bonchev–Trinajstić information content (AvgIpc) is 2.26. The molecule has 0 saturated heterocycles. The number of aliphatic hydroxyl groups excluding tert-OH is 1. The van der Waals surface area contributed by atoms with Gasteiger partial charge in [-0.2, -0.15) is 5.26 Å². The summed E-state index contributed by atoms with van der Waals surface area (Å²) in [6, 6.07) is 1.97. The van der Waals surface area contributed by atoms with Gasteiger partial charge >= 0.3 is 0 Å². The highest BCUT2D eigenvalue weighted by Crippen LogP contribution is 2.20. The zero-order valence-corrected chi connectivity index (χ0v) is 10.6. The summed E-state index contributed by atoms with van der Waals surface area (Å²) in [5.41, 5.74) is -0.970. The van der Waals surface area contributed by atoms with Crippen LogP contribution in [0.4, 0.5) is 0 Å². The van der Waals surface area contributed by atoms with Crippen LogP contribution in [-0.4, -0.2) is 23.7 Å². The molecule has 0 heterocycles. The Balaban J connectivity index is 4.58. The predicted molar refractivity (Wildman–Crippen MR) is 62.5 cm³/mol. The van der Waals surface area contributed by atoms with Crippen LogP contribution in [0.1, 0.15) is 40.5 Å². The zero-order chi connectivity index (χ0) is 12.8. The van der Waals surface area contributed by atoms with Crippen molar-refractivity contribution in [3.8, 4) is 6.07 Å². The van der Waals surface area contributed by atoms with E-state index in [1.165, 1.54) is 0 Å². The first-order chi connectivity index (χ1) is 7.41. The zero-order valence-electron chi connectivity index (χ0n) is 10.6. The Hall–Kier alpha value is -1.08. The molecule has 0 fully saturated rings. The molecule has 0 aliphatic carbocycles. The molecule has 2 atom stereocenters. The predicted octanol–water partition coefficient (Wildman–Crippen LogP) is 1.45. The number of carbonyl (C=O) groups excluding carboxylic acids is 1. The van der Waals surface area contributed by atoms with Gasteiger partial charge in [0.05, 0.1) is 6.07 Å². The average molecular weight is 226 g/mol. The molecular weight excluding hydrogens is 204 g/mol. The molecule has 0 aromatic heterocycles.